The van der Waals surface area contributed by atoms with Crippen LogP contribution in [0.25, 0.3) is 0 Å². The molecule has 3 heteroatoms. The number of hydrogen-bond acceptors (Lipinski definition) is 3. The number of hydrogen-bond donors (Lipinski definition) is 3. The molecular formula is C29H46O3. The van der Waals surface area contributed by atoms with E-state index in [0.717, 1.165) is 17.6 Å². The fraction of sp³-hybridized carbons (Fsp3) is 0.724. The highest BCUT2D eigenvalue weighted by molar-refractivity contribution is 5.38. The molecule has 0 spiro atoms. The lowest BCUT2D eigenvalue weighted by Crippen LogP contribution is -2.38. The van der Waals surface area contributed by atoms with Gasteiger partial charge in [-0.05, 0) is 86.7 Å². The highest BCUT2D eigenvalue weighted by atomic mass is 16.3. The Hall–Kier alpha value is -1.16. The Morgan fingerprint density at radius 2 is 1.81 bits per heavy atom. The highest BCUT2D eigenvalue weighted by Gasteiger charge is 2.50. The summed E-state index contributed by atoms with van der Waals surface area (Å²) in [6, 6.07) is 0. The lowest BCUT2D eigenvalue weighted by Gasteiger charge is -2.44. The maximum Gasteiger partial charge on any atom is 0.0811 e. The third-order valence-electron chi connectivity index (χ3n) is 9.33. The molecule has 3 nitrogen and oxygen atoms in total. The van der Waals surface area contributed by atoms with Crippen LogP contribution in [0.3, 0.4) is 0 Å². The number of rotatable bonds is 5. The van der Waals surface area contributed by atoms with E-state index < -0.39 is 17.8 Å². The molecule has 0 radical (unpaired) electrons. The second kappa shape index (κ2) is 9.24. The second-order valence-corrected chi connectivity index (χ2v) is 12.2. The van der Waals surface area contributed by atoms with Crippen LogP contribution in [0, 0.1) is 28.6 Å². The van der Waals surface area contributed by atoms with Gasteiger partial charge in [0, 0.05) is 11.8 Å². The summed E-state index contributed by atoms with van der Waals surface area (Å²) in [5.41, 5.74) is 2.59. The van der Waals surface area contributed by atoms with E-state index in [-0.39, 0.29) is 5.41 Å². The first-order chi connectivity index (χ1) is 14.8. The molecule has 0 aromatic heterocycles. The normalized spacial score (nSPS) is 38.0. The van der Waals surface area contributed by atoms with Crippen LogP contribution in [-0.4, -0.2) is 33.1 Å². The van der Waals surface area contributed by atoms with Crippen LogP contribution in [0.15, 0.2) is 47.6 Å². The van der Waals surface area contributed by atoms with E-state index in [0.29, 0.717) is 36.0 Å². The van der Waals surface area contributed by atoms with E-state index in [4.69, 9.17) is 0 Å². The van der Waals surface area contributed by atoms with Crippen molar-refractivity contribution < 1.29 is 15.3 Å². The minimum atomic E-state index is -0.746. The summed E-state index contributed by atoms with van der Waals surface area (Å²) in [6.07, 6.45) is 15.0. The standard InChI is InChI=1S/C29H46O3/c1-19(14-16-27(3,4)28(5,6)32)24-12-13-25-21(9-8-15-29(24,25)7)10-11-22-17-23(30)18-26(31)20(22)2/h10-11,14,16,19,23-26,30-32H,2,8-9,12-13,15,17-18H2,1,3-7H3/b16-14+,21-10+,22-11-/t19-,23+,24+,25+,26-,29-/m1/s1. The van der Waals surface area contributed by atoms with Gasteiger partial charge in [-0.2, -0.15) is 0 Å². The average molecular weight is 443 g/mol. The molecular weight excluding hydrogens is 396 g/mol. The maximum atomic E-state index is 10.5. The van der Waals surface area contributed by atoms with E-state index >= 15 is 0 Å². The van der Waals surface area contributed by atoms with Crippen LogP contribution in [0.5, 0.6) is 0 Å². The minimum Gasteiger partial charge on any atom is -0.393 e. The van der Waals surface area contributed by atoms with Crippen LogP contribution in [0.1, 0.15) is 86.5 Å². The molecule has 180 valence electrons. The van der Waals surface area contributed by atoms with Crippen molar-refractivity contribution in [3.63, 3.8) is 0 Å². The zero-order valence-corrected chi connectivity index (χ0v) is 21.2. The SMILES string of the molecule is C=C1/C(=C\C=C2/CCC[C@@]3(C)[C@H]2CC[C@H]3[C@H](C)/C=C/C(C)(C)C(C)(C)O)C[C@H](O)C[C@H]1O. The molecule has 0 unspecified atom stereocenters. The van der Waals surface area contributed by atoms with Gasteiger partial charge in [0.25, 0.3) is 0 Å². The molecule has 3 aliphatic rings. The molecule has 0 aliphatic heterocycles. The van der Waals surface area contributed by atoms with Crippen molar-refractivity contribution in [3.05, 3.63) is 47.6 Å². The minimum absolute atomic E-state index is 0.262. The largest absolute Gasteiger partial charge is 0.393 e. The number of aliphatic hydroxyl groups excluding tert-OH is 2. The highest BCUT2D eigenvalue weighted by Crippen LogP contribution is 2.59. The molecule has 6 atom stereocenters. The van der Waals surface area contributed by atoms with Crippen molar-refractivity contribution in [1.29, 1.82) is 0 Å². The summed E-state index contributed by atoms with van der Waals surface area (Å²) < 4.78 is 0. The van der Waals surface area contributed by atoms with E-state index in [1.54, 1.807) is 0 Å². The molecule has 0 aromatic rings. The van der Waals surface area contributed by atoms with Crippen molar-refractivity contribution in [2.24, 2.45) is 28.6 Å². The number of fused-ring (bicyclic) bond motifs is 1. The Balaban J connectivity index is 1.78. The van der Waals surface area contributed by atoms with E-state index in [1.807, 2.05) is 13.8 Å². The third kappa shape index (κ3) is 5.00. The van der Waals surface area contributed by atoms with Crippen LogP contribution in [0.4, 0.5) is 0 Å². The molecule has 3 fully saturated rings. The first-order valence-corrected chi connectivity index (χ1v) is 12.6. The summed E-state index contributed by atoms with van der Waals surface area (Å²) in [4.78, 5) is 0. The zero-order valence-electron chi connectivity index (χ0n) is 21.2. The topological polar surface area (TPSA) is 60.7 Å². The van der Waals surface area contributed by atoms with Crippen molar-refractivity contribution in [2.75, 3.05) is 0 Å². The molecule has 32 heavy (non-hydrogen) atoms. The van der Waals surface area contributed by atoms with Gasteiger partial charge in [-0.25, -0.2) is 0 Å². The third-order valence-corrected chi connectivity index (χ3v) is 9.33. The fourth-order valence-electron chi connectivity index (χ4n) is 6.34. The van der Waals surface area contributed by atoms with Gasteiger partial charge in [0.15, 0.2) is 0 Å². The van der Waals surface area contributed by atoms with Crippen molar-refractivity contribution in [1.82, 2.24) is 0 Å². The number of aliphatic hydroxyl groups is 3. The molecule has 0 bridgehead atoms. The smallest absolute Gasteiger partial charge is 0.0811 e. The molecule has 3 N–H and O–H groups in total. The molecule has 0 heterocycles. The van der Waals surface area contributed by atoms with Crippen LogP contribution >= 0.6 is 0 Å². The van der Waals surface area contributed by atoms with Gasteiger partial charge in [-0.1, -0.05) is 64.2 Å². The summed E-state index contributed by atoms with van der Waals surface area (Å²) >= 11 is 0. The zero-order chi connectivity index (χ0) is 23.9. The molecule has 3 aliphatic carbocycles. The lowest BCUT2D eigenvalue weighted by molar-refractivity contribution is -0.00785. The Labute approximate surface area is 196 Å². The summed E-state index contributed by atoms with van der Waals surface area (Å²) in [6.45, 7) is 16.9. The van der Waals surface area contributed by atoms with Gasteiger partial charge in [0.2, 0.25) is 0 Å². The van der Waals surface area contributed by atoms with Gasteiger partial charge < -0.3 is 15.3 Å². The van der Waals surface area contributed by atoms with Crippen LogP contribution in [0.2, 0.25) is 0 Å². The van der Waals surface area contributed by atoms with Gasteiger partial charge in [-0.3, -0.25) is 0 Å². The maximum absolute atomic E-state index is 10.5. The van der Waals surface area contributed by atoms with Gasteiger partial charge in [0.1, 0.15) is 0 Å². The van der Waals surface area contributed by atoms with Crippen molar-refractivity contribution >= 4 is 0 Å². The van der Waals surface area contributed by atoms with E-state index in [9.17, 15) is 15.3 Å². The Morgan fingerprint density at radius 1 is 1.12 bits per heavy atom. The number of allylic oxidation sites excluding steroid dienone is 4. The van der Waals surface area contributed by atoms with Gasteiger partial charge in [0.05, 0.1) is 17.8 Å². The molecule has 0 saturated heterocycles. The molecule has 3 rings (SSSR count). The first kappa shape index (κ1) is 25.5. The summed E-state index contributed by atoms with van der Waals surface area (Å²) in [7, 11) is 0. The summed E-state index contributed by atoms with van der Waals surface area (Å²) in [5, 5.41) is 30.7. The Kier molecular flexibility index (Phi) is 7.35. The first-order valence-electron chi connectivity index (χ1n) is 12.6. The fourth-order valence-corrected chi connectivity index (χ4v) is 6.34. The van der Waals surface area contributed by atoms with Gasteiger partial charge >= 0.3 is 0 Å². The average Bonchev–Trinajstić information content (AvgIpc) is 3.04. The quantitative estimate of drug-likeness (QED) is 0.450. The van der Waals surface area contributed by atoms with Crippen molar-refractivity contribution in [2.45, 2.75) is 104 Å². The van der Waals surface area contributed by atoms with Crippen LogP contribution in [-0.2, 0) is 0 Å². The predicted octanol–water partition coefficient (Wildman–Crippen LogP) is 6.12. The Bertz CT molecular complexity index is 794. The molecule has 0 amide bonds. The lowest BCUT2D eigenvalue weighted by atomic mass is 9.61. The van der Waals surface area contributed by atoms with Crippen LogP contribution < -0.4 is 0 Å². The molecule has 0 aromatic carbocycles. The van der Waals surface area contributed by atoms with Crippen molar-refractivity contribution in [3.8, 4) is 0 Å². The van der Waals surface area contributed by atoms with Gasteiger partial charge in [-0.15, -0.1) is 0 Å². The molecule has 3 saturated carbocycles. The second-order valence-electron chi connectivity index (χ2n) is 12.2. The Morgan fingerprint density at radius 3 is 2.47 bits per heavy atom. The summed E-state index contributed by atoms with van der Waals surface area (Å²) in [5.74, 6) is 1.72. The predicted molar refractivity (Wildman–Crippen MR) is 133 cm³/mol. The van der Waals surface area contributed by atoms with E-state index in [2.05, 4.69) is 58.6 Å². The van der Waals surface area contributed by atoms with E-state index in [1.165, 1.54) is 31.3 Å². The monoisotopic (exact) mass is 442 g/mol.